The minimum Gasteiger partial charge on any atom is -0.377 e. The number of nitrogens with zero attached hydrogens (tertiary/aromatic N) is 5. The van der Waals surface area contributed by atoms with E-state index in [1.807, 2.05) is 0 Å². The summed E-state index contributed by atoms with van der Waals surface area (Å²) < 4.78 is 5.58. The Hall–Kier alpha value is -2.61. The number of benzene rings is 1. The maximum absolute atomic E-state index is 10.7. The number of nitro benzene ring substituents is 1. The lowest BCUT2D eigenvalue weighted by molar-refractivity contribution is -0.384. The molecule has 118 valence electrons. The van der Waals surface area contributed by atoms with Crippen molar-refractivity contribution in [2.75, 3.05) is 18.1 Å². The van der Waals surface area contributed by atoms with E-state index >= 15 is 0 Å². The van der Waals surface area contributed by atoms with E-state index in [0.717, 1.165) is 18.4 Å². The summed E-state index contributed by atoms with van der Waals surface area (Å²) in [6.45, 7) is 1.41. The zero-order valence-corrected chi connectivity index (χ0v) is 12.3. The molecule has 1 aromatic carbocycles. The summed E-state index contributed by atoms with van der Waals surface area (Å²) in [4.78, 5) is 25.6. The number of fused-ring (bicyclic) bond motifs is 2. The molecular weight excluding hydrogens is 298 g/mol. The molecule has 0 saturated carbocycles. The Kier molecular flexibility index (Phi) is 3.38. The van der Waals surface area contributed by atoms with Gasteiger partial charge in [-0.05, 0) is 25.0 Å². The first-order valence-electron chi connectivity index (χ1n) is 7.52. The summed E-state index contributed by atoms with van der Waals surface area (Å²) in [5.74, 6) is 1.18. The quantitative estimate of drug-likeness (QED) is 0.630. The monoisotopic (exact) mass is 313 g/mol. The fourth-order valence-electron chi connectivity index (χ4n) is 3.24. The molecule has 8 nitrogen and oxygen atoms in total. The molecule has 3 heterocycles. The van der Waals surface area contributed by atoms with Crippen LogP contribution in [0.3, 0.4) is 0 Å². The Morgan fingerprint density at radius 2 is 1.83 bits per heavy atom. The molecule has 1 aromatic heterocycles. The molecule has 23 heavy (non-hydrogen) atoms. The van der Waals surface area contributed by atoms with Crippen molar-refractivity contribution < 1.29 is 9.66 Å². The third kappa shape index (κ3) is 2.50. The topological polar surface area (TPSA) is 94.3 Å². The Bertz CT molecular complexity index is 720. The maximum atomic E-state index is 10.7. The summed E-state index contributed by atoms with van der Waals surface area (Å²) in [6, 6.07) is 6.87. The van der Waals surface area contributed by atoms with Gasteiger partial charge in [0.15, 0.2) is 5.82 Å². The third-order valence-electron chi connectivity index (χ3n) is 4.37. The van der Waals surface area contributed by atoms with Gasteiger partial charge in [0.25, 0.3) is 5.69 Å². The van der Waals surface area contributed by atoms with Crippen molar-refractivity contribution in [3.63, 3.8) is 0 Å². The van der Waals surface area contributed by atoms with Gasteiger partial charge in [0.2, 0.25) is 5.95 Å². The second-order valence-corrected chi connectivity index (χ2v) is 5.74. The Balaban J connectivity index is 1.65. The number of rotatable bonds is 3. The molecule has 2 unspecified atom stereocenters. The second-order valence-electron chi connectivity index (χ2n) is 5.74. The Labute approximate surface area is 132 Å². The summed E-state index contributed by atoms with van der Waals surface area (Å²) in [7, 11) is 0. The van der Waals surface area contributed by atoms with Crippen molar-refractivity contribution >= 4 is 11.6 Å². The van der Waals surface area contributed by atoms with Crippen LogP contribution in [0.15, 0.2) is 30.6 Å². The molecule has 2 aromatic rings. The van der Waals surface area contributed by atoms with Crippen molar-refractivity contribution in [2.45, 2.75) is 24.9 Å². The molecule has 2 aliphatic rings. The van der Waals surface area contributed by atoms with Crippen molar-refractivity contribution in [1.82, 2.24) is 15.0 Å². The van der Waals surface area contributed by atoms with Crippen LogP contribution in [0.25, 0.3) is 11.4 Å². The predicted octanol–water partition coefficient (Wildman–Crippen LogP) is 1.81. The number of hydrogen-bond donors (Lipinski definition) is 0. The fraction of sp³-hybridized carbons (Fsp3) is 0.400. The first-order valence-corrected chi connectivity index (χ1v) is 7.52. The van der Waals surface area contributed by atoms with Gasteiger partial charge < -0.3 is 9.64 Å². The molecule has 2 fully saturated rings. The van der Waals surface area contributed by atoms with Crippen molar-refractivity contribution in [1.29, 1.82) is 0 Å². The summed E-state index contributed by atoms with van der Waals surface area (Å²) in [6.07, 6.45) is 3.67. The number of morpholine rings is 1. The molecule has 2 atom stereocenters. The lowest BCUT2D eigenvalue weighted by Crippen LogP contribution is -2.46. The first-order chi connectivity index (χ1) is 11.2. The number of hydrogen-bond acceptors (Lipinski definition) is 7. The van der Waals surface area contributed by atoms with Gasteiger partial charge in [-0.1, -0.05) is 0 Å². The van der Waals surface area contributed by atoms with Gasteiger partial charge in [-0.2, -0.15) is 4.98 Å². The van der Waals surface area contributed by atoms with Crippen molar-refractivity contribution in [2.24, 2.45) is 0 Å². The number of non-ortho nitro benzene ring substituents is 1. The van der Waals surface area contributed by atoms with E-state index in [9.17, 15) is 10.1 Å². The Morgan fingerprint density at radius 3 is 2.48 bits per heavy atom. The van der Waals surface area contributed by atoms with Crippen LogP contribution in [0.4, 0.5) is 11.6 Å². The van der Waals surface area contributed by atoms with Crippen LogP contribution in [-0.4, -0.2) is 45.2 Å². The highest BCUT2D eigenvalue weighted by Crippen LogP contribution is 2.32. The van der Waals surface area contributed by atoms with E-state index in [1.165, 1.54) is 18.5 Å². The highest BCUT2D eigenvalue weighted by molar-refractivity contribution is 5.58. The van der Waals surface area contributed by atoms with Crippen LogP contribution in [0, 0.1) is 10.1 Å². The second kappa shape index (κ2) is 5.54. The molecular formula is C15H15N5O3. The van der Waals surface area contributed by atoms with Crippen LogP contribution in [0.1, 0.15) is 12.8 Å². The summed E-state index contributed by atoms with van der Waals surface area (Å²) in [5.41, 5.74) is 0.786. The van der Waals surface area contributed by atoms with Gasteiger partial charge in [-0.25, -0.2) is 9.97 Å². The molecule has 2 aliphatic heterocycles. The smallest absolute Gasteiger partial charge is 0.269 e. The summed E-state index contributed by atoms with van der Waals surface area (Å²) in [5, 5.41) is 10.7. The number of ether oxygens (including phenoxy) is 1. The van der Waals surface area contributed by atoms with Crippen molar-refractivity contribution in [3.8, 4) is 11.4 Å². The number of aromatic nitrogens is 3. The zero-order valence-electron chi connectivity index (χ0n) is 12.3. The minimum atomic E-state index is -0.423. The molecule has 0 radical (unpaired) electrons. The average Bonchev–Trinajstić information content (AvgIpc) is 2.84. The molecule has 0 spiro atoms. The predicted molar refractivity (Wildman–Crippen MR) is 82.0 cm³/mol. The Morgan fingerprint density at radius 1 is 1.13 bits per heavy atom. The lowest BCUT2D eigenvalue weighted by Gasteiger charge is -2.34. The van der Waals surface area contributed by atoms with Gasteiger partial charge in [-0.15, -0.1) is 0 Å². The number of nitro groups is 1. The molecule has 0 amide bonds. The third-order valence-corrected chi connectivity index (χ3v) is 4.37. The van der Waals surface area contributed by atoms with E-state index in [2.05, 4.69) is 19.9 Å². The van der Waals surface area contributed by atoms with E-state index in [4.69, 9.17) is 4.74 Å². The van der Waals surface area contributed by atoms with Gasteiger partial charge in [0.1, 0.15) is 6.33 Å². The van der Waals surface area contributed by atoms with E-state index in [0.29, 0.717) is 37.1 Å². The van der Waals surface area contributed by atoms with Crippen molar-refractivity contribution in [3.05, 3.63) is 40.7 Å². The van der Waals surface area contributed by atoms with Crippen LogP contribution in [0.2, 0.25) is 0 Å². The molecule has 0 aliphatic carbocycles. The minimum absolute atomic E-state index is 0.0502. The SMILES string of the molecule is O=[N+]([O-])c1ccc(-c2ncnc(N3C4CCC3COC4)n2)cc1. The van der Waals surface area contributed by atoms with Crippen LogP contribution < -0.4 is 4.90 Å². The number of anilines is 1. The van der Waals surface area contributed by atoms with E-state index < -0.39 is 4.92 Å². The highest BCUT2D eigenvalue weighted by atomic mass is 16.6. The van der Waals surface area contributed by atoms with Crippen LogP contribution in [0.5, 0.6) is 0 Å². The zero-order chi connectivity index (χ0) is 15.8. The molecule has 2 saturated heterocycles. The average molecular weight is 313 g/mol. The lowest BCUT2D eigenvalue weighted by atomic mass is 10.2. The van der Waals surface area contributed by atoms with Gasteiger partial charge in [0, 0.05) is 17.7 Å². The molecule has 2 bridgehead atoms. The fourth-order valence-corrected chi connectivity index (χ4v) is 3.24. The highest BCUT2D eigenvalue weighted by Gasteiger charge is 2.39. The van der Waals surface area contributed by atoms with Crippen LogP contribution >= 0.6 is 0 Å². The van der Waals surface area contributed by atoms with Gasteiger partial charge >= 0.3 is 0 Å². The van der Waals surface area contributed by atoms with Crippen LogP contribution in [-0.2, 0) is 4.74 Å². The largest absolute Gasteiger partial charge is 0.377 e. The standard InChI is InChI=1S/C15H15N5O3/c21-20(22)11-3-1-10(2-4-11)14-16-9-17-15(18-14)19-12-5-6-13(19)8-23-7-12/h1-4,9,12-13H,5-8H2. The first kappa shape index (κ1) is 14.0. The summed E-state index contributed by atoms with van der Waals surface area (Å²) >= 11 is 0. The van der Waals surface area contributed by atoms with Gasteiger partial charge in [0.05, 0.1) is 30.2 Å². The molecule has 0 N–H and O–H groups in total. The molecule has 4 rings (SSSR count). The molecule has 8 heteroatoms. The normalized spacial score (nSPS) is 23.0. The van der Waals surface area contributed by atoms with E-state index in [-0.39, 0.29) is 5.69 Å². The van der Waals surface area contributed by atoms with E-state index in [1.54, 1.807) is 12.1 Å². The maximum Gasteiger partial charge on any atom is 0.269 e. The van der Waals surface area contributed by atoms with Gasteiger partial charge in [-0.3, -0.25) is 10.1 Å².